The first-order valence-electron chi connectivity index (χ1n) is 20.6. The molecular weight excluding hydrogens is 725 g/mol. The van der Waals surface area contributed by atoms with E-state index in [4.69, 9.17) is 0 Å². The third-order valence-electron chi connectivity index (χ3n) is 9.43. The Morgan fingerprint density at radius 1 is 0.556 bits per heavy atom. The topological polar surface area (TPSA) is 190 Å². The number of carboxylic acid groups (broad SMARTS) is 2. The average molecular weight is 793 g/mol. The van der Waals surface area contributed by atoms with Gasteiger partial charge >= 0.3 is 11.9 Å². The molecule has 2 atom stereocenters. The lowest BCUT2D eigenvalue weighted by Crippen LogP contribution is -2.34. The van der Waals surface area contributed by atoms with Crippen LogP contribution in [0.5, 0.6) is 0 Å². The molecule has 0 aliphatic rings. The van der Waals surface area contributed by atoms with Crippen LogP contribution in [0.4, 0.5) is 11.9 Å². The zero-order valence-electron chi connectivity index (χ0n) is 32.9. The van der Waals surface area contributed by atoms with Crippen molar-refractivity contribution < 1.29 is 19.8 Å². The van der Waals surface area contributed by atoms with E-state index in [0.29, 0.717) is 24.2 Å². The van der Waals surface area contributed by atoms with Gasteiger partial charge in [-0.2, -0.15) is 0 Å². The Morgan fingerprint density at radius 2 is 0.852 bits per heavy atom. The maximum absolute atomic E-state index is 12.3. The number of nitrogens with one attached hydrogen (secondary N) is 4. The van der Waals surface area contributed by atoms with Gasteiger partial charge in [0, 0.05) is 35.0 Å². The second kappa shape index (κ2) is 30.2. The van der Waals surface area contributed by atoms with Crippen LogP contribution in [0.15, 0.2) is 21.7 Å². The first-order valence-corrected chi connectivity index (χ1v) is 23.1. The molecule has 2 aromatic rings. The predicted octanol–water partition coefficient (Wildman–Crippen LogP) is 9.37. The molecule has 0 aliphatic carbocycles. The molecule has 14 heteroatoms. The molecule has 0 aliphatic heterocycles. The highest BCUT2D eigenvalue weighted by atomic mass is 33.1. The first-order chi connectivity index (χ1) is 26.2. The van der Waals surface area contributed by atoms with Gasteiger partial charge in [-0.05, 0) is 25.7 Å². The summed E-state index contributed by atoms with van der Waals surface area (Å²) in [7, 11) is 2.38. The minimum Gasteiger partial charge on any atom is -0.480 e. The predicted molar refractivity (Wildman–Crippen MR) is 225 cm³/mol. The second-order valence-electron chi connectivity index (χ2n) is 14.4. The summed E-state index contributed by atoms with van der Waals surface area (Å²) in [5.41, 5.74) is 0.546. The molecule has 54 heavy (non-hydrogen) atoms. The fraction of sp³-hybridized carbons (Fsp3) is 0.750. The van der Waals surface area contributed by atoms with Crippen LogP contribution < -0.4 is 21.8 Å². The Kier molecular flexibility index (Phi) is 26.4. The number of nitrogens with zero attached hydrogens (tertiary/aromatic N) is 2. The van der Waals surface area contributed by atoms with Crippen LogP contribution in [0.2, 0.25) is 0 Å². The van der Waals surface area contributed by atoms with Crippen LogP contribution in [-0.4, -0.2) is 65.7 Å². The van der Waals surface area contributed by atoms with Gasteiger partial charge in [0.1, 0.15) is 12.1 Å². The summed E-state index contributed by atoms with van der Waals surface area (Å²) in [5.74, 6) is -1.86. The van der Waals surface area contributed by atoms with E-state index in [9.17, 15) is 29.4 Å². The first kappa shape index (κ1) is 47.2. The molecule has 12 nitrogen and oxygen atoms in total. The third kappa shape index (κ3) is 23.0. The zero-order valence-corrected chi connectivity index (χ0v) is 34.6. The van der Waals surface area contributed by atoms with E-state index in [1.165, 1.54) is 136 Å². The number of hydrogen-bond donors (Lipinski definition) is 6. The molecule has 0 aromatic carbocycles. The monoisotopic (exact) mass is 792 g/mol. The SMILES string of the molecule is CCCCCCCCCCCCCc1cc(=O)[nH]c(N[C@@H](CSSC[C@H](Nc2nc(CCCCCCCCCCCCC)cc(=O)[nH]2)C(=O)O)C(=O)O)n1. The number of aliphatic carboxylic acids is 2. The number of aryl methyl sites for hydroxylation is 2. The van der Waals surface area contributed by atoms with Crippen molar-refractivity contribution in [2.45, 2.75) is 180 Å². The largest absolute Gasteiger partial charge is 0.480 e. The van der Waals surface area contributed by atoms with E-state index in [1.54, 1.807) is 0 Å². The quantitative estimate of drug-likeness (QED) is 0.0287. The summed E-state index contributed by atoms with van der Waals surface area (Å²) >= 11 is 0. The number of anilines is 2. The van der Waals surface area contributed by atoms with Crippen molar-refractivity contribution in [3.05, 3.63) is 44.2 Å². The Bertz CT molecular complexity index is 1320. The molecule has 2 rings (SSSR count). The maximum Gasteiger partial charge on any atom is 0.327 e. The summed E-state index contributed by atoms with van der Waals surface area (Å²) in [6, 6.07) is 0.781. The Hall–Kier alpha value is -3.00. The highest BCUT2D eigenvalue weighted by molar-refractivity contribution is 8.76. The second-order valence-corrected chi connectivity index (χ2v) is 16.9. The number of H-pyrrole nitrogens is 2. The van der Waals surface area contributed by atoms with Gasteiger partial charge in [-0.25, -0.2) is 19.6 Å². The van der Waals surface area contributed by atoms with Gasteiger partial charge in [0.2, 0.25) is 11.9 Å². The fourth-order valence-corrected chi connectivity index (χ4v) is 8.57. The Labute approximate surface area is 330 Å². The lowest BCUT2D eigenvalue weighted by molar-refractivity contribution is -0.138. The summed E-state index contributed by atoms with van der Waals surface area (Å²) in [5, 5.41) is 25.3. The Morgan fingerprint density at radius 3 is 1.15 bits per heavy atom. The summed E-state index contributed by atoms with van der Waals surface area (Å²) in [6.45, 7) is 4.47. The van der Waals surface area contributed by atoms with Crippen molar-refractivity contribution in [3.8, 4) is 0 Å². The summed E-state index contributed by atoms with van der Waals surface area (Å²) in [6.07, 6.45) is 28.2. The van der Waals surface area contributed by atoms with E-state index < -0.39 is 24.0 Å². The Balaban J connectivity index is 1.74. The van der Waals surface area contributed by atoms with Crippen LogP contribution in [0.3, 0.4) is 0 Å². The molecule has 0 spiro atoms. The average Bonchev–Trinajstić information content (AvgIpc) is 3.13. The molecule has 306 valence electrons. The van der Waals surface area contributed by atoms with E-state index in [0.717, 1.165) is 38.5 Å². The highest BCUT2D eigenvalue weighted by Gasteiger charge is 2.22. The molecular formula is C40H68N6O6S2. The number of hydrogen-bond acceptors (Lipinski definition) is 10. The maximum atomic E-state index is 12.3. The highest BCUT2D eigenvalue weighted by Crippen LogP contribution is 2.25. The van der Waals surface area contributed by atoms with Crippen LogP contribution >= 0.6 is 21.6 Å². The normalized spacial score (nSPS) is 12.4. The zero-order chi connectivity index (χ0) is 39.2. The molecule has 0 amide bonds. The molecule has 6 N–H and O–H groups in total. The minimum atomic E-state index is -1.12. The third-order valence-corrected chi connectivity index (χ3v) is 11.9. The van der Waals surface area contributed by atoms with E-state index >= 15 is 0 Å². The summed E-state index contributed by atoms with van der Waals surface area (Å²) < 4.78 is 0. The van der Waals surface area contributed by atoms with Crippen LogP contribution in [-0.2, 0) is 22.4 Å². The van der Waals surface area contributed by atoms with Crippen LogP contribution in [0.1, 0.15) is 166 Å². The van der Waals surface area contributed by atoms with E-state index in [2.05, 4.69) is 44.4 Å². The number of carboxylic acids is 2. The van der Waals surface area contributed by atoms with Gasteiger partial charge in [-0.15, -0.1) is 0 Å². The standard InChI is InChI=1S/C40H68N6O6S2/c1-3-5-7-9-11-13-15-17-19-21-23-25-31-27-35(47)45-39(41-31)43-33(37(49)50)29-53-54-30-34(38(51)52)44-40-42-32(28-36(48)46-40)26-24-22-20-18-16-14-12-10-8-6-4-2/h27-28,33-34H,3-26,29-30H2,1-2H3,(H,49,50)(H,51,52)(H2,41,43,45,47)(H2,42,44,46,48)/t33-,34-/m0/s1. The smallest absolute Gasteiger partial charge is 0.327 e. The molecule has 0 fully saturated rings. The van der Waals surface area contributed by atoms with Crippen LogP contribution in [0, 0.1) is 0 Å². The van der Waals surface area contributed by atoms with Gasteiger partial charge in [-0.1, -0.05) is 164 Å². The van der Waals surface area contributed by atoms with Crippen LogP contribution in [0.25, 0.3) is 0 Å². The molecule has 2 aromatic heterocycles. The molecule has 0 radical (unpaired) electrons. The van der Waals surface area contributed by atoms with E-state index in [1.807, 2.05) is 0 Å². The van der Waals surface area contributed by atoms with Gasteiger partial charge in [-0.3, -0.25) is 19.6 Å². The molecule has 0 saturated carbocycles. The van der Waals surface area contributed by atoms with Crippen molar-refractivity contribution in [2.75, 3.05) is 22.1 Å². The molecule has 0 saturated heterocycles. The number of rotatable bonds is 35. The number of unbranched alkanes of at least 4 members (excludes halogenated alkanes) is 20. The van der Waals surface area contributed by atoms with Crippen molar-refractivity contribution in [2.24, 2.45) is 0 Å². The molecule has 0 unspecified atom stereocenters. The number of aromatic nitrogens is 4. The number of aromatic amines is 2. The van der Waals surface area contributed by atoms with Gasteiger partial charge < -0.3 is 20.8 Å². The van der Waals surface area contributed by atoms with Gasteiger partial charge in [0.25, 0.3) is 11.1 Å². The minimum absolute atomic E-state index is 0.0857. The van der Waals surface area contributed by atoms with Crippen molar-refractivity contribution in [1.29, 1.82) is 0 Å². The molecule has 2 heterocycles. The summed E-state index contributed by atoms with van der Waals surface area (Å²) in [4.78, 5) is 62.8. The van der Waals surface area contributed by atoms with Gasteiger partial charge in [0.15, 0.2) is 0 Å². The molecule has 0 bridgehead atoms. The van der Waals surface area contributed by atoms with Crippen molar-refractivity contribution in [1.82, 2.24) is 19.9 Å². The fourth-order valence-electron chi connectivity index (χ4n) is 6.26. The van der Waals surface area contributed by atoms with Crippen molar-refractivity contribution >= 4 is 45.4 Å². The van der Waals surface area contributed by atoms with Crippen molar-refractivity contribution in [3.63, 3.8) is 0 Å². The van der Waals surface area contributed by atoms with Gasteiger partial charge in [0.05, 0.1) is 0 Å². The number of carbonyl (C=O) groups is 2. The van der Waals surface area contributed by atoms with E-state index in [-0.39, 0.29) is 34.5 Å². The lowest BCUT2D eigenvalue weighted by atomic mass is 10.0. The lowest BCUT2D eigenvalue weighted by Gasteiger charge is -2.17.